The maximum Gasteiger partial charge on any atom is 0.326 e. The van der Waals surface area contributed by atoms with Gasteiger partial charge < -0.3 is 35.6 Å². The Morgan fingerprint density at radius 1 is 0.980 bits per heavy atom. The van der Waals surface area contributed by atoms with Crippen LogP contribution in [0.25, 0.3) is 11.0 Å². The maximum atomic E-state index is 13.9. The molecule has 1 atom stereocenters. The number of nitrogen functional groups attached to an aromatic ring is 1. The van der Waals surface area contributed by atoms with Gasteiger partial charge >= 0.3 is 11.7 Å². The molecule has 2 aromatic carbocycles. The molecule has 4 amide bonds. The van der Waals surface area contributed by atoms with Gasteiger partial charge in [0.05, 0.1) is 23.3 Å². The smallest absolute Gasteiger partial charge is 0.326 e. The number of anilines is 2. The third-order valence-corrected chi connectivity index (χ3v) is 10.6. The fraction of sp³-hybridized carbons (Fsp3) is 0.382. The Hall–Kier alpha value is -4.37. The number of carbonyl (C=O) groups excluding carboxylic acids is 3. The van der Waals surface area contributed by atoms with Gasteiger partial charge in [-0.25, -0.2) is 9.59 Å². The van der Waals surface area contributed by atoms with Crippen molar-refractivity contribution in [2.45, 2.75) is 31.3 Å². The third-order valence-electron chi connectivity index (χ3n) is 9.32. The number of H-pyrrole nitrogens is 1. The highest BCUT2D eigenvalue weighted by atomic mass is 79.9. The number of piperazine rings is 1. The fourth-order valence-electron chi connectivity index (χ4n) is 6.61. The molecule has 2 aliphatic heterocycles. The topological polar surface area (TPSA) is 153 Å². The monoisotopic (exact) mass is 795 g/mol. The number of aromatic nitrogens is 3. The van der Waals surface area contributed by atoms with E-state index in [0.717, 1.165) is 22.3 Å². The SMILES string of the molecule is CN(CC(=O)N1CCN(c2ccncc2)CC1)C(=O)[C@@H](Cc1cc(Br)c(N)c(Br)c1)NC(=O)N1CCC(n2c(=O)[nH]c3ccccc32)CC1. The van der Waals surface area contributed by atoms with Crippen LogP contribution >= 0.6 is 31.9 Å². The van der Waals surface area contributed by atoms with Crippen LogP contribution < -0.4 is 21.6 Å². The van der Waals surface area contributed by atoms with Gasteiger partial charge in [-0.2, -0.15) is 0 Å². The summed E-state index contributed by atoms with van der Waals surface area (Å²) in [6.07, 6.45) is 4.87. The molecule has 4 aromatic rings. The van der Waals surface area contributed by atoms with Gasteiger partial charge in [0, 0.05) is 85.8 Å². The zero-order valence-corrected chi connectivity index (χ0v) is 30.3. The number of halogens is 2. The van der Waals surface area contributed by atoms with Crippen LogP contribution in [0.15, 0.2) is 74.7 Å². The summed E-state index contributed by atoms with van der Waals surface area (Å²) in [6.45, 7) is 3.16. The van der Waals surface area contributed by atoms with E-state index in [9.17, 15) is 19.2 Å². The molecule has 2 saturated heterocycles. The molecule has 2 fully saturated rings. The van der Waals surface area contributed by atoms with Crippen LogP contribution in [0.3, 0.4) is 0 Å². The molecule has 0 unspecified atom stereocenters. The van der Waals surface area contributed by atoms with Crippen molar-refractivity contribution in [3.05, 3.63) is 85.9 Å². The van der Waals surface area contributed by atoms with Crippen LogP contribution in [0.5, 0.6) is 0 Å². The Balaban J connectivity index is 1.11. The standard InChI is InChI=1S/C34H39Br2N9O4/c1-41(21-30(46)43-16-14-42(15-17-43)23-6-10-38-11-7-23)32(47)28(20-22-18-25(35)31(37)26(36)19-22)40-33(48)44-12-8-24(9-13-44)45-29-5-3-2-4-27(29)39-34(45)49/h2-7,10-11,18-19,24,28H,8-9,12-17,20-21,37H2,1H3,(H,39,49)(H,40,48)/t28-/m1/s1. The van der Waals surface area contributed by atoms with E-state index >= 15 is 0 Å². The lowest BCUT2D eigenvalue weighted by Crippen LogP contribution is -2.56. The Morgan fingerprint density at radius 2 is 1.63 bits per heavy atom. The number of likely N-dealkylation sites (N-methyl/N-ethyl adjacent to an activating group) is 1. The van der Waals surface area contributed by atoms with Gasteiger partial charge in [0.15, 0.2) is 0 Å². The molecule has 15 heteroatoms. The van der Waals surface area contributed by atoms with E-state index in [-0.39, 0.29) is 42.5 Å². The average molecular weight is 798 g/mol. The predicted molar refractivity (Wildman–Crippen MR) is 195 cm³/mol. The molecular weight excluding hydrogens is 758 g/mol. The molecule has 0 bridgehead atoms. The first-order chi connectivity index (χ1) is 23.6. The molecule has 4 N–H and O–H groups in total. The van der Waals surface area contributed by atoms with Crippen LogP contribution in [0.4, 0.5) is 16.2 Å². The first-order valence-electron chi connectivity index (χ1n) is 16.2. The van der Waals surface area contributed by atoms with Gasteiger partial charge in [0.1, 0.15) is 6.04 Å². The number of nitrogens with one attached hydrogen (secondary N) is 2. The highest BCUT2D eigenvalue weighted by Gasteiger charge is 2.32. The van der Waals surface area contributed by atoms with E-state index < -0.39 is 6.04 Å². The molecule has 49 heavy (non-hydrogen) atoms. The van der Waals surface area contributed by atoms with Crippen LogP contribution in [-0.4, -0.2) is 106 Å². The summed E-state index contributed by atoms with van der Waals surface area (Å²) in [6, 6.07) is 13.8. The third kappa shape index (κ3) is 7.77. The molecule has 0 saturated carbocycles. The summed E-state index contributed by atoms with van der Waals surface area (Å²) in [7, 11) is 1.59. The number of likely N-dealkylation sites (tertiary alicyclic amines) is 1. The van der Waals surface area contributed by atoms with Crippen LogP contribution in [0.2, 0.25) is 0 Å². The number of hydrogen-bond acceptors (Lipinski definition) is 7. The van der Waals surface area contributed by atoms with Crippen molar-refractivity contribution in [2.24, 2.45) is 0 Å². The Morgan fingerprint density at radius 3 is 2.31 bits per heavy atom. The number of urea groups is 1. The Kier molecular flexibility index (Phi) is 10.6. The quantitative estimate of drug-likeness (QED) is 0.231. The van der Waals surface area contributed by atoms with Crippen LogP contribution in [-0.2, 0) is 16.0 Å². The summed E-state index contributed by atoms with van der Waals surface area (Å²) < 4.78 is 3.11. The molecule has 2 aromatic heterocycles. The number of piperidine rings is 1. The number of pyridine rings is 1. The number of hydrogen-bond donors (Lipinski definition) is 3. The molecular formula is C34H39Br2N9O4. The minimum Gasteiger partial charge on any atom is -0.397 e. The molecule has 0 aliphatic carbocycles. The van der Waals surface area contributed by atoms with Crippen molar-refractivity contribution in [2.75, 3.05) is 63.5 Å². The van der Waals surface area contributed by atoms with Gasteiger partial charge in [-0.05, 0) is 86.7 Å². The van der Waals surface area contributed by atoms with Gasteiger partial charge in [0.25, 0.3) is 0 Å². The number of rotatable bonds is 8. The van der Waals surface area contributed by atoms with Gasteiger partial charge in [0.2, 0.25) is 11.8 Å². The maximum absolute atomic E-state index is 13.9. The highest BCUT2D eigenvalue weighted by molar-refractivity contribution is 9.11. The van der Waals surface area contributed by atoms with Crippen molar-refractivity contribution in [3.63, 3.8) is 0 Å². The van der Waals surface area contributed by atoms with Gasteiger partial charge in [-0.1, -0.05) is 12.1 Å². The summed E-state index contributed by atoms with van der Waals surface area (Å²) >= 11 is 6.95. The lowest BCUT2D eigenvalue weighted by atomic mass is 10.0. The minimum absolute atomic E-state index is 0.0571. The van der Waals surface area contributed by atoms with Crippen LogP contribution in [0, 0.1) is 0 Å². The number of fused-ring (bicyclic) bond motifs is 1. The number of aromatic amines is 1. The zero-order valence-electron chi connectivity index (χ0n) is 27.1. The number of para-hydroxylation sites is 2. The van der Waals surface area contributed by atoms with E-state index in [1.54, 1.807) is 33.8 Å². The lowest BCUT2D eigenvalue weighted by Gasteiger charge is -2.37. The van der Waals surface area contributed by atoms with E-state index in [1.807, 2.05) is 48.5 Å². The number of nitrogens with zero attached hydrogens (tertiary/aromatic N) is 6. The predicted octanol–water partition coefficient (Wildman–Crippen LogP) is 3.60. The molecule has 0 radical (unpaired) electrons. The normalized spacial score (nSPS) is 16.1. The highest BCUT2D eigenvalue weighted by Crippen LogP contribution is 2.30. The fourth-order valence-corrected chi connectivity index (χ4v) is 7.89. The summed E-state index contributed by atoms with van der Waals surface area (Å²) in [5.41, 5.74) is 9.93. The first kappa shape index (κ1) is 34.5. The second-order valence-corrected chi connectivity index (χ2v) is 14.2. The second kappa shape index (κ2) is 15.0. The van der Waals surface area contributed by atoms with Crippen molar-refractivity contribution in [1.29, 1.82) is 0 Å². The number of nitrogens with two attached hydrogens (primary N) is 1. The number of imidazole rings is 1. The number of benzene rings is 2. The molecule has 6 rings (SSSR count). The molecule has 2 aliphatic rings. The molecule has 258 valence electrons. The second-order valence-electron chi connectivity index (χ2n) is 12.5. The van der Waals surface area contributed by atoms with Crippen molar-refractivity contribution in [3.8, 4) is 0 Å². The van der Waals surface area contributed by atoms with E-state index in [1.165, 1.54) is 4.90 Å². The number of amides is 4. The van der Waals surface area contributed by atoms with E-state index in [2.05, 4.69) is 52.0 Å². The zero-order chi connectivity index (χ0) is 34.7. The Labute approximate surface area is 300 Å². The number of carbonyl (C=O) groups is 3. The minimum atomic E-state index is -0.940. The largest absolute Gasteiger partial charge is 0.397 e. The first-order valence-corrected chi connectivity index (χ1v) is 17.8. The lowest BCUT2D eigenvalue weighted by molar-refractivity contribution is -0.140. The summed E-state index contributed by atoms with van der Waals surface area (Å²) in [5.74, 6) is -0.524. The van der Waals surface area contributed by atoms with Gasteiger partial charge in [-0.15, -0.1) is 0 Å². The average Bonchev–Trinajstić information content (AvgIpc) is 3.45. The van der Waals surface area contributed by atoms with Crippen molar-refractivity contribution >= 4 is 72.1 Å². The summed E-state index contributed by atoms with van der Waals surface area (Å²) in [4.78, 5) is 67.7. The van der Waals surface area contributed by atoms with Crippen molar-refractivity contribution in [1.82, 2.24) is 34.6 Å². The van der Waals surface area contributed by atoms with Crippen LogP contribution in [0.1, 0.15) is 24.4 Å². The van der Waals surface area contributed by atoms with E-state index in [4.69, 9.17) is 5.73 Å². The summed E-state index contributed by atoms with van der Waals surface area (Å²) in [5, 5.41) is 2.96. The van der Waals surface area contributed by atoms with E-state index in [0.29, 0.717) is 66.7 Å². The molecule has 4 heterocycles. The molecule has 13 nitrogen and oxygen atoms in total. The van der Waals surface area contributed by atoms with Crippen molar-refractivity contribution < 1.29 is 14.4 Å². The molecule has 0 spiro atoms. The van der Waals surface area contributed by atoms with Gasteiger partial charge in [-0.3, -0.25) is 19.1 Å². The Bertz CT molecular complexity index is 1860.